The summed E-state index contributed by atoms with van der Waals surface area (Å²) >= 11 is 1.62. The summed E-state index contributed by atoms with van der Waals surface area (Å²) in [7, 11) is 0. The van der Waals surface area contributed by atoms with Crippen LogP contribution in [0.3, 0.4) is 0 Å². The van der Waals surface area contributed by atoms with Crippen molar-refractivity contribution >= 4 is 27.9 Å². The normalized spacial score (nSPS) is 10.9. The molecule has 4 rings (SSSR count). The first kappa shape index (κ1) is 14.7. The van der Waals surface area contributed by atoms with Gasteiger partial charge in [-0.3, -0.25) is 9.20 Å². The Morgan fingerprint density at radius 1 is 1.12 bits per heavy atom. The molecule has 1 amide bonds. The van der Waals surface area contributed by atoms with Gasteiger partial charge in [0, 0.05) is 34.1 Å². The molecule has 0 aliphatic carbocycles. The lowest BCUT2D eigenvalue weighted by Gasteiger charge is -2.06. The Labute approximate surface area is 143 Å². The molecule has 24 heavy (non-hydrogen) atoms. The molecule has 0 atom stereocenters. The van der Waals surface area contributed by atoms with E-state index in [-0.39, 0.29) is 5.91 Å². The maximum atomic E-state index is 12.3. The number of hydrogen-bond acceptors (Lipinski definition) is 3. The molecule has 5 heteroatoms. The van der Waals surface area contributed by atoms with Crippen molar-refractivity contribution < 1.29 is 4.79 Å². The molecule has 2 aromatic carbocycles. The Hall–Kier alpha value is -2.92. The van der Waals surface area contributed by atoms with Gasteiger partial charge in [0.2, 0.25) is 0 Å². The highest BCUT2D eigenvalue weighted by Crippen LogP contribution is 2.25. The van der Waals surface area contributed by atoms with E-state index in [1.807, 2.05) is 48.7 Å². The van der Waals surface area contributed by atoms with Crippen LogP contribution in [0.25, 0.3) is 16.2 Å². The van der Waals surface area contributed by atoms with Crippen LogP contribution in [0, 0.1) is 6.92 Å². The molecule has 4 nitrogen and oxygen atoms in total. The van der Waals surface area contributed by atoms with E-state index in [1.54, 1.807) is 23.5 Å². The molecule has 0 aliphatic heterocycles. The van der Waals surface area contributed by atoms with Crippen LogP contribution in [0.1, 0.15) is 16.1 Å². The van der Waals surface area contributed by atoms with Gasteiger partial charge in [-0.2, -0.15) is 0 Å². The van der Waals surface area contributed by atoms with Crippen LogP contribution in [-0.2, 0) is 0 Å². The fraction of sp³-hybridized carbons (Fsp3) is 0.0526. The quantitative estimate of drug-likeness (QED) is 0.594. The van der Waals surface area contributed by atoms with Crippen LogP contribution in [0.5, 0.6) is 0 Å². The number of nitrogens with zero attached hydrogens (tertiary/aromatic N) is 2. The van der Waals surface area contributed by atoms with E-state index < -0.39 is 0 Å². The van der Waals surface area contributed by atoms with Gasteiger partial charge in [-0.05, 0) is 31.2 Å². The summed E-state index contributed by atoms with van der Waals surface area (Å²) in [6.07, 6.45) is 2.03. The molecule has 118 valence electrons. The Morgan fingerprint density at radius 3 is 2.75 bits per heavy atom. The summed E-state index contributed by atoms with van der Waals surface area (Å²) in [5, 5.41) is 5.02. The van der Waals surface area contributed by atoms with Crippen molar-refractivity contribution in [3.8, 4) is 11.3 Å². The van der Waals surface area contributed by atoms with E-state index >= 15 is 0 Å². The smallest absolute Gasteiger partial charge is 0.255 e. The SMILES string of the molecule is Cc1csc2nc(-c3cccc(NC(=O)c4ccccc4)c3)cn12. The third-order valence-corrected chi connectivity index (χ3v) is 4.80. The van der Waals surface area contributed by atoms with Crippen LogP contribution in [0.4, 0.5) is 5.69 Å². The third-order valence-electron chi connectivity index (χ3n) is 3.84. The lowest BCUT2D eigenvalue weighted by Crippen LogP contribution is -2.11. The standard InChI is InChI=1S/C19H15N3OS/c1-13-12-24-19-21-17(11-22(13)19)15-8-5-9-16(10-15)20-18(23)14-6-3-2-4-7-14/h2-12H,1H3,(H,20,23). The lowest BCUT2D eigenvalue weighted by molar-refractivity contribution is 0.102. The minimum Gasteiger partial charge on any atom is -0.322 e. The molecule has 2 aromatic heterocycles. The number of hydrogen-bond donors (Lipinski definition) is 1. The second-order valence-electron chi connectivity index (χ2n) is 5.56. The monoisotopic (exact) mass is 333 g/mol. The molecule has 0 aliphatic rings. The number of amides is 1. The van der Waals surface area contributed by atoms with E-state index in [2.05, 4.69) is 27.0 Å². The number of benzene rings is 2. The Bertz CT molecular complexity index is 1020. The number of carbonyl (C=O) groups is 1. The number of aromatic nitrogens is 2. The Morgan fingerprint density at radius 2 is 1.96 bits per heavy atom. The molecule has 4 aromatic rings. The van der Waals surface area contributed by atoms with Gasteiger partial charge >= 0.3 is 0 Å². The minimum absolute atomic E-state index is 0.116. The van der Waals surface area contributed by atoms with Crippen LogP contribution in [0.15, 0.2) is 66.2 Å². The molecule has 0 radical (unpaired) electrons. The molecule has 0 saturated carbocycles. The average molecular weight is 333 g/mol. The van der Waals surface area contributed by atoms with Crippen molar-refractivity contribution in [1.82, 2.24) is 9.38 Å². The van der Waals surface area contributed by atoms with Gasteiger partial charge in [0.05, 0.1) is 5.69 Å². The zero-order valence-corrected chi connectivity index (χ0v) is 13.9. The first-order valence-electron chi connectivity index (χ1n) is 7.61. The number of fused-ring (bicyclic) bond motifs is 1. The molecular weight excluding hydrogens is 318 g/mol. The predicted octanol–water partition coefficient (Wildman–Crippen LogP) is 4.62. The summed E-state index contributed by atoms with van der Waals surface area (Å²) in [6, 6.07) is 16.9. The van der Waals surface area contributed by atoms with E-state index in [0.29, 0.717) is 5.56 Å². The third kappa shape index (κ3) is 2.70. The summed E-state index contributed by atoms with van der Waals surface area (Å²) in [6.45, 7) is 2.06. The first-order valence-corrected chi connectivity index (χ1v) is 8.49. The average Bonchev–Trinajstić information content (AvgIpc) is 3.18. The van der Waals surface area contributed by atoms with E-state index in [1.165, 1.54) is 5.69 Å². The van der Waals surface area contributed by atoms with Gasteiger partial charge in [-0.15, -0.1) is 11.3 Å². The molecule has 0 unspecified atom stereocenters. The van der Waals surface area contributed by atoms with Crippen LogP contribution in [0.2, 0.25) is 0 Å². The minimum atomic E-state index is -0.116. The van der Waals surface area contributed by atoms with E-state index in [0.717, 1.165) is 21.9 Å². The van der Waals surface area contributed by atoms with Gasteiger partial charge in [0.25, 0.3) is 5.91 Å². The van der Waals surface area contributed by atoms with E-state index in [4.69, 9.17) is 0 Å². The van der Waals surface area contributed by atoms with Crippen LogP contribution >= 0.6 is 11.3 Å². The van der Waals surface area contributed by atoms with Gasteiger partial charge in [0.1, 0.15) is 0 Å². The highest BCUT2D eigenvalue weighted by Gasteiger charge is 2.09. The number of thiazole rings is 1. The predicted molar refractivity (Wildman–Crippen MR) is 97.6 cm³/mol. The van der Waals surface area contributed by atoms with Crippen molar-refractivity contribution in [2.45, 2.75) is 6.92 Å². The highest BCUT2D eigenvalue weighted by atomic mass is 32.1. The lowest BCUT2D eigenvalue weighted by atomic mass is 10.1. The number of rotatable bonds is 3. The fourth-order valence-corrected chi connectivity index (χ4v) is 3.43. The number of carbonyl (C=O) groups excluding carboxylic acids is 1. The highest BCUT2D eigenvalue weighted by molar-refractivity contribution is 7.15. The number of nitrogens with one attached hydrogen (secondary N) is 1. The Balaban J connectivity index is 1.62. The van der Waals surface area contributed by atoms with Crippen molar-refractivity contribution in [3.63, 3.8) is 0 Å². The zero-order chi connectivity index (χ0) is 16.5. The van der Waals surface area contributed by atoms with Gasteiger partial charge in [-0.1, -0.05) is 30.3 Å². The number of anilines is 1. The molecule has 2 heterocycles. The molecule has 0 spiro atoms. The number of aryl methyl sites for hydroxylation is 1. The van der Waals surface area contributed by atoms with Crippen molar-refractivity contribution in [2.24, 2.45) is 0 Å². The molecule has 0 saturated heterocycles. The summed E-state index contributed by atoms with van der Waals surface area (Å²) in [4.78, 5) is 17.9. The van der Waals surface area contributed by atoms with Crippen molar-refractivity contribution in [1.29, 1.82) is 0 Å². The largest absolute Gasteiger partial charge is 0.322 e. The number of imidazole rings is 1. The topological polar surface area (TPSA) is 46.4 Å². The van der Waals surface area contributed by atoms with E-state index in [9.17, 15) is 4.79 Å². The molecule has 0 fully saturated rings. The maximum absolute atomic E-state index is 12.3. The van der Waals surface area contributed by atoms with Crippen LogP contribution < -0.4 is 5.32 Å². The summed E-state index contributed by atoms with van der Waals surface area (Å²) in [5.74, 6) is -0.116. The second-order valence-corrected chi connectivity index (χ2v) is 6.39. The zero-order valence-electron chi connectivity index (χ0n) is 13.1. The molecular formula is C19H15N3OS. The molecule has 0 bridgehead atoms. The first-order chi connectivity index (χ1) is 11.7. The van der Waals surface area contributed by atoms with Crippen molar-refractivity contribution in [2.75, 3.05) is 5.32 Å². The van der Waals surface area contributed by atoms with Crippen molar-refractivity contribution in [3.05, 3.63) is 77.4 Å². The summed E-state index contributed by atoms with van der Waals surface area (Å²) in [5.41, 5.74) is 4.45. The van der Waals surface area contributed by atoms with Gasteiger partial charge in [0.15, 0.2) is 4.96 Å². The van der Waals surface area contributed by atoms with Crippen LogP contribution in [-0.4, -0.2) is 15.3 Å². The Kier molecular flexibility index (Phi) is 3.63. The fourth-order valence-electron chi connectivity index (χ4n) is 2.58. The summed E-state index contributed by atoms with van der Waals surface area (Å²) < 4.78 is 2.08. The molecule has 1 N–H and O–H groups in total. The van der Waals surface area contributed by atoms with Gasteiger partial charge < -0.3 is 5.32 Å². The second kappa shape index (κ2) is 5.94. The maximum Gasteiger partial charge on any atom is 0.255 e. The van der Waals surface area contributed by atoms with Gasteiger partial charge in [-0.25, -0.2) is 4.98 Å².